The van der Waals surface area contributed by atoms with Crippen LogP contribution in [0.3, 0.4) is 0 Å². The third-order valence-electron chi connectivity index (χ3n) is 5.32. The molecule has 1 fully saturated rings. The SMILES string of the molecule is CC(C)C1(C)CCC(=O)N(c2ncc(-c3noc(C(F)(F)F)n3)cn2)CC1. The third kappa shape index (κ3) is 3.93. The molecule has 0 aromatic carbocycles. The summed E-state index contributed by atoms with van der Waals surface area (Å²) in [5.41, 5.74) is 0.232. The molecule has 146 valence electrons. The summed E-state index contributed by atoms with van der Waals surface area (Å²) in [5.74, 6) is -1.10. The van der Waals surface area contributed by atoms with E-state index in [4.69, 9.17) is 0 Å². The molecule has 0 aliphatic carbocycles. The van der Waals surface area contributed by atoms with E-state index in [0.717, 1.165) is 12.8 Å². The van der Waals surface area contributed by atoms with Crippen LogP contribution < -0.4 is 4.90 Å². The maximum absolute atomic E-state index is 12.6. The Morgan fingerprint density at radius 1 is 1.22 bits per heavy atom. The Morgan fingerprint density at radius 2 is 1.89 bits per heavy atom. The highest BCUT2D eigenvalue weighted by molar-refractivity contribution is 5.91. The number of halogens is 3. The molecule has 0 bridgehead atoms. The fourth-order valence-corrected chi connectivity index (χ4v) is 2.97. The molecule has 10 heteroatoms. The van der Waals surface area contributed by atoms with Crippen molar-refractivity contribution in [2.75, 3.05) is 11.4 Å². The largest absolute Gasteiger partial charge is 0.471 e. The number of carbonyl (C=O) groups is 1. The number of aromatic nitrogens is 4. The highest BCUT2D eigenvalue weighted by Crippen LogP contribution is 2.38. The summed E-state index contributed by atoms with van der Waals surface area (Å²) >= 11 is 0. The van der Waals surface area contributed by atoms with Gasteiger partial charge in [0.1, 0.15) is 0 Å². The van der Waals surface area contributed by atoms with Crippen molar-refractivity contribution in [3.63, 3.8) is 0 Å². The first-order chi connectivity index (χ1) is 12.6. The zero-order valence-electron chi connectivity index (χ0n) is 15.2. The molecule has 0 radical (unpaired) electrons. The van der Waals surface area contributed by atoms with Crippen molar-refractivity contribution in [2.45, 2.75) is 46.2 Å². The van der Waals surface area contributed by atoms with Gasteiger partial charge in [-0.05, 0) is 24.2 Å². The van der Waals surface area contributed by atoms with Crippen LogP contribution in [0, 0.1) is 11.3 Å². The van der Waals surface area contributed by atoms with Gasteiger partial charge in [0.15, 0.2) is 0 Å². The summed E-state index contributed by atoms with van der Waals surface area (Å²) in [5, 5.41) is 3.30. The van der Waals surface area contributed by atoms with Gasteiger partial charge in [-0.3, -0.25) is 9.69 Å². The van der Waals surface area contributed by atoms with Gasteiger partial charge in [-0.2, -0.15) is 18.2 Å². The van der Waals surface area contributed by atoms with Gasteiger partial charge >= 0.3 is 12.1 Å². The van der Waals surface area contributed by atoms with Crippen LogP contribution >= 0.6 is 0 Å². The van der Waals surface area contributed by atoms with Crippen molar-refractivity contribution in [2.24, 2.45) is 11.3 Å². The minimum absolute atomic E-state index is 0.0585. The molecule has 1 aliphatic heterocycles. The average Bonchev–Trinajstić information content (AvgIpc) is 3.05. The van der Waals surface area contributed by atoms with Crippen LogP contribution in [0.4, 0.5) is 19.1 Å². The molecule has 2 aromatic heterocycles. The number of nitrogens with zero attached hydrogens (tertiary/aromatic N) is 5. The molecule has 1 unspecified atom stereocenters. The Balaban J connectivity index is 1.79. The Labute approximate surface area is 154 Å². The Bertz CT molecular complexity index is 819. The molecule has 27 heavy (non-hydrogen) atoms. The zero-order chi connectivity index (χ0) is 19.8. The van der Waals surface area contributed by atoms with Crippen LogP contribution in [0.15, 0.2) is 16.9 Å². The van der Waals surface area contributed by atoms with E-state index in [1.54, 1.807) is 0 Å². The number of hydrogen-bond donors (Lipinski definition) is 0. The lowest BCUT2D eigenvalue weighted by Gasteiger charge is -2.32. The van der Waals surface area contributed by atoms with Crippen molar-refractivity contribution in [1.29, 1.82) is 0 Å². The summed E-state index contributed by atoms with van der Waals surface area (Å²) in [7, 11) is 0. The fraction of sp³-hybridized carbons (Fsp3) is 0.588. The first-order valence-electron chi connectivity index (χ1n) is 8.64. The number of alkyl halides is 3. The molecule has 1 amide bonds. The molecule has 1 atom stereocenters. The van der Waals surface area contributed by atoms with Crippen molar-refractivity contribution < 1.29 is 22.5 Å². The van der Waals surface area contributed by atoms with Gasteiger partial charge in [-0.1, -0.05) is 25.9 Å². The van der Waals surface area contributed by atoms with E-state index in [-0.39, 0.29) is 28.7 Å². The van der Waals surface area contributed by atoms with E-state index in [1.807, 2.05) is 0 Å². The number of amides is 1. The van der Waals surface area contributed by atoms with E-state index in [9.17, 15) is 18.0 Å². The molecule has 7 nitrogen and oxygen atoms in total. The first-order valence-corrected chi connectivity index (χ1v) is 8.64. The quantitative estimate of drug-likeness (QED) is 0.803. The second-order valence-electron chi connectivity index (χ2n) is 7.30. The van der Waals surface area contributed by atoms with Crippen LogP contribution in [0.2, 0.25) is 0 Å². The van der Waals surface area contributed by atoms with Gasteiger partial charge in [0.25, 0.3) is 0 Å². The lowest BCUT2D eigenvalue weighted by Crippen LogP contribution is -2.32. The van der Waals surface area contributed by atoms with Crippen LogP contribution in [-0.4, -0.2) is 32.6 Å². The minimum Gasteiger partial charge on any atom is -0.329 e. The predicted octanol–water partition coefficient (Wildman–Crippen LogP) is 3.72. The van der Waals surface area contributed by atoms with E-state index >= 15 is 0 Å². The first kappa shape index (κ1) is 19.2. The predicted molar refractivity (Wildman–Crippen MR) is 89.5 cm³/mol. The van der Waals surface area contributed by atoms with E-state index < -0.39 is 12.1 Å². The number of carbonyl (C=O) groups excluding carboxylic acids is 1. The van der Waals surface area contributed by atoms with Crippen LogP contribution in [-0.2, 0) is 11.0 Å². The lowest BCUT2D eigenvalue weighted by molar-refractivity contribution is -0.159. The van der Waals surface area contributed by atoms with Gasteiger partial charge in [0.2, 0.25) is 17.7 Å². The average molecular weight is 383 g/mol. The van der Waals surface area contributed by atoms with E-state index in [1.165, 1.54) is 17.3 Å². The number of rotatable bonds is 3. The molecular formula is C17H20F3N5O2. The zero-order valence-corrected chi connectivity index (χ0v) is 15.2. The second kappa shape index (κ2) is 6.90. The Hall–Kier alpha value is -2.52. The lowest BCUT2D eigenvalue weighted by atomic mass is 9.73. The maximum Gasteiger partial charge on any atom is 0.471 e. The smallest absolute Gasteiger partial charge is 0.329 e. The molecule has 0 spiro atoms. The van der Waals surface area contributed by atoms with Gasteiger partial charge in [0.05, 0.1) is 5.56 Å². The third-order valence-corrected chi connectivity index (χ3v) is 5.32. The summed E-state index contributed by atoms with van der Waals surface area (Å²) in [6.07, 6.45) is -0.129. The van der Waals surface area contributed by atoms with Crippen molar-refractivity contribution in [3.8, 4) is 11.4 Å². The molecule has 2 aromatic rings. The molecule has 3 heterocycles. The second-order valence-corrected chi connectivity index (χ2v) is 7.30. The molecule has 0 saturated carbocycles. The topological polar surface area (TPSA) is 85.0 Å². The molecule has 1 saturated heterocycles. The van der Waals surface area contributed by atoms with E-state index in [0.29, 0.717) is 18.9 Å². The monoisotopic (exact) mass is 383 g/mol. The molecular weight excluding hydrogens is 363 g/mol. The van der Waals surface area contributed by atoms with Crippen LogP contribution in [0.25, 0.3) is 11.4 Å². The van der Waals surface area contributed by atoms with Crippen molar-refractivity contribution >= 4 is 11.9 Å². The summed E-state index contributed by atoms with van der Waals surface area (Å²) in [6, 6.07) is 0. The van der Waals surface area contributed by atoms with Crippen LogP contribution in [0.5, 0.6) is 0 Å². The van der Waals surface area contributed by atoms with E-state index in [2.05, 4.69) is 45.4 Å². The highest BCUT2D eigenvalue weighted by Gasteiger charge is 2.39. The van der Waals surface area contributed by atoms with Crippen LogP contribution in [0.1, 0.15) is 45.9 Å². The number of anilines is 1. The Kier molecular flexibility index (Phi) is 4.92. The fourth-order valence-electron chi connectivity index (χ4n) is 2.97. The Morgan fingerprint density at radius 3 is 2.44 bits per heavy atom. The van der Waals surface area contributed by atoms with Gasteiger partial charge in [-0.15, -0.1) is 0 Å². The maximum atomic E-state index is 12.6. The van der Waals surface area contributed by atoms with Gasteiger partial charge < -0.3 is 4.52 Å². The summed E-state index contributed by atoms with van der Waals surface area (Å²) < 4.78 is 41.9. The van der Waals surface area contributed by atoms with Gasteiger partial charge in [0, 0.05) is 25.4 Å². The van der Waals surface area contributed by atoms with Crippen molar-refractivity contribution in [1.82, 2.24) is 20.1 Å². The highest BCUT2D eigenvalue weighted by atomic mass is 19.4. The summed E-state index contributed by atoms with van der Waals surface area (Å²) in [6.45, 7) is 6.96. The number of hydrogen-bond acceptors (Lipinski definition) is 6. The van der Waals surface area contributed by atoms with Crippen molar-refractivity contribution in [3.05, 3.63) is 18.3 Å². The summed E-state index contributed by atoms with van der Waals surface area (Å²) in [4.78, 5) is 25.5. The molecule has 0 N–H and O–H groups in total. The standard InChI is InChI=1S/C17H20F3N5O2/c1-10(2)16(3)5-4-12(26)25(7-6-16)15-21-8-11(9-22-15)13-23-14(27-24-13)17(18,19)20/h8-10H,4-7H2,1-3H3. The minimum atomic E-state index is -4.71. The molecule has 1 aliphatic rings. The normalized spacial score (nSPS) is 21.6. The molecule has 3 rings (SSSR count). The van der Waals surface area contributed by atoms with Gasteiger partial charge in [-0.25, -0.2) is 9.97 Å².